The second-order valence-electron chi connectivity index (χ2n) is 7.93. The zero-order valence-electron chi connectivity index (χ0n) is 18.0. The number of amides is 4. The number of imide groups is 2. The quantitative estimate of drug-likeness (QED) is 0.377. The normalized spacial score (nSPS) is 15.2. The number of aryl methyl sites for hydroxylation is 2. The third-order valence-electron chi connectivity index (χ3n) is 5.26. The van der Waals surface area contributed by atoms with Crippen LogP contribution in [0.5, 0.6) is 0 Å². The predicted molar refractivity (Wildman–Crippen MR) is 128 cm³/mol. The van der Waals surface area contributed by atoms with Gasteiger partial charge in [0.05, 0.1) is 5.69 Å². The Morgan fingerprint density at radius 3 is 2.33 bits per heavy atom. The van der Waals surface area contributed by atoms with Crippen LogP contribution in [0.2, 0.25) is 0 Å². The molecular weight excluding hydrogens is 487 g/mol. The molecule has 4 rings (SSSR count). The second kappa shape index (κ2) is 9.11. The highest BCUT2D eigenvalue weighted by molar-refractivity contribution is 9.10. The standard InChI is InChI=1S/C26H20BrFN2O3/c1-15-9-16(2)11-18(10-15)12-19-8-7-17(14-21(19)27)13-20-24(31)29-26(33)30(25(20)32)23-6-4-3-5-22(23)28/h3-11,13-14H,12H2,1-2H3,(H,29,31,33)/b20-13-. The molecule has 7 heteroatoms. The molecule has 3 aromatic carbocycles. The SMILES string of the molecule is Cc1cc(C)cc(Cc2ccc(/C=C3/C(=O)NC(=O)N(c4ccccc4F)C3=O)cc2Br)c1. The Kier molecular flexibility index (Phi) is 6.24. The fraction of sp³-hybridized carbons (Fsp3) is 0.115. The summed E-state index contributed by atoms with van der Waals surface area (Å²) in [7, 11) is 0. The molecule has 1 saturated heterocycles. The molecule has 0 atom stereocenters. The van der Waals surface area contributed by atoms with Gasteiger partial charge >= 0.3 is 6.03 Å². The van der Waals surface area contributed by atoms with Crippen molar-refractivity contribution >= 4 is 45.5 Å². The van der Waals surface area contributed by atoms with Gasteiger partial charge < -0.3 is 0 Å². The van der Waals surface area contributed by atoms with Gasteiger partial charge in [0.25, 0.3) is 11.8 Å². The van der Waals surface area contributed by atoms with Gasteiger partial charge in [-0.15, -0.1) is 0 Å². The van der Waals surface area contributed by atoms with Crippen LogP contribution in [0.1, 0.15) is 27.8 Å². The number of hydrogen-bond acceptors (Lipinski definition) is 3. The molecule has 0 saturated carbocycles. The Bertz CT molecular complexity index is 1310. The maximum Gasteiger partial charge on any atom is 0.336 e. The molecule has 0 bridgehead atoms. The Labute approximate surface area is 199 Å². The van der Waals surface area contributed by atoms with Crippen molar-refractivity contribution in [3.8, 4) is 0 Å². The summed E-state index contributed by atoms with van der Waals surface area (Å²) in [6.45, 7) is 4.12. The van der Waals surface area contributed by atoms with Gasteiger partial charge in [-0.1, -0.05) is 69.5 Å². The van der Waals surface area contributed by atoms with Gasteiger partial charge in [0.15, 0.2) is 0 Å². The minimum atomic E-state index is -0.989. The molecule has 0 radical (unpaired) electrons. The van der Waals surface area contributed by atoms with E-state index in [1.54, 1.807) is 12.1 Å². The van der Waals surface area contributed by atoms with Crippen molar-refractivity contribution in [2.45, 2.75) is 20.3 Å². The first-order valence-electron chi connectivity index (χ1n) is 10.2. The van der Waals surface area contributed by atoms with Gasteiger partial charge in [-0.2, -0.15) is 0 Å². The molecule has 5 nitrogen and oxygen atoms in total. The first-order chi connectivity index (χ1) is 15.7. The molecule has 1 heterocycles. The lowest BCUT2D eigenvalue weighted by atomic mass is 9.99. The number of benzene rings is 3. The molecule has 166 valence electrons. The summed E-state index contributed by atoms with van der Waals surface area (Å²) < 4.78 is 15.0. The number of hydrogen-bond donors (Lipinski definition) is 1. The van der Waals surface area contributed by atoms with E-state index in [2.05, 4.69) is 53.3 Å². The maximum atomic E-state index is 14.2. The second-order valence-corrected chi connectivity index (χ2v) is 8.79. The summed E-state index contributed by atoms with van der Waals surface area (Å²) in [5.41, 5.74) is 4.73. The molecule has 1 aliphatic heterocycles. The number of nitrogens with zero attached hydrogens (tertiary/aromatic N) is 1. The number of carbonyl (C=O) groups is 3. The van der Waals surface area contributed by atoms with Crippen molar-refractivity contribution in [3.63, 3.8) is 0 Å². The van der Waals surface area contributed by atoms with Crippen LogP contribution < -0.4 is 10.2 Å². The van der Waals surface area contributed by atoms with E-state index in [4.69, 9.17) is 0 Å². The van der Waals surface area contributed by atoms with Gasteiger partial charge in [0.2, 0.25) is 0 Å². The molecular formula is C26H20BrFN2O3. The summed E-state index contributed by atoms with van der Waals surface area (Å²) >= 11 is 3.58. The van der Waals surface area contributed by atoms with Gasteiger partial charge in [-0.25, -0.2) is 14.1 Å². The van der Waals surface area contributed by atoms with E-state index in [0.717, 1.165) is 22.5 Å². The van der Waals surface area contributed by atoms with Crippen LogP contribution >= 0.6 is 15.9 Å². The van der Waals surface area contributed by atoms with Crippen LogP contribution in [0.3, 0.4) is 0 Å². The molecule has 0 spiro atoms. The van der Waals surface area contributed by atoms with Gasteiger partial charge in [0, 0.05) is 4.47 Å². The fourth-order valence-corrected chi connectivity index (χ4v) is 4.40. The average molecular weight is 507 g/mol. The smallest absolute Gasteiger partial charge is 0.273 e. The topological polar surface area (TPSA) is 66.5 Å². The Morgan fingerprint density at radius 1 is 0.970 bits per heavy atom. The molecule has 1 aliphatic rings. The van der Waals surface area contributed by atoms with Gasteiger partial charge in [0.1, 0.15) is 11.4 Å². The number of rotatable bonds is 4. The number of nitrogens with one attached hydrogen (secondary N) is 1. The van der Waals surface area contributed by atoms with Crippen molar-refractivity contribution in [1.82, 2.24) is 5.32 Å². The molecule has 0 unspecified atom stereocenters. The number of urea groups is 1. The van der Waals surface area contributed by atoms with E-state index < -0.39 is 23.7 Å². The Hall–Kier alpha value is -3.58. The van der Waals surface area contributed by atoms with Crippen LogP contribution in [-0.4, -0.2) is 17.8 Å². The first kappa shape index (κ1) is 22.6. The highest BCUT2D eigenvalue weighted by Gasteiger charge is 2.37. The van der Waals surface area contributed by atoms with Crippen LogP contribution in [0.4, 0.5) is 14.9 Å². The summed E-state index contributed by atoms with van der Waals surface area (Å²) in [5, 5.41) is 2.11. The average Bonchev–Trinajstić information content (AvgIpc) is 2.73. The van der Waals surface area contributed by atoms with Crippen molar-refractivity contribution < 1.29 is 18.8 Å². The van der Waals surface area contributed by atoms with Crippen LogP contribution in [0.15, 0.2) is 70.7 Å². The van der Waals surface area contributed by atoms with E-state index in [1.165, 1.54) is 41.0 Å². The maximum absolute atomic E-state index is 14.2. The van der Waals surface area contributed by atoms with Crippen LogP contribution in [0, 0.1) is 19.7 Å². The van der Waals surface area contributed by atoms with E-state index in [1.807, 2.05) is 6.07 Å². The lowest BCUT2D eigenvalue weighted by molar-refractivity contribution is -0.122. The summed E-state index contributed by atoms with van der Waals surface area (Å²) in [6, 6.07) is 16.3. The zero-order valence-corrected chi connectivity index (χ0v) is 19.6. The highest BCUT2D eigenvalue weighted by Crippen LogP contribution is 2.27. The van der Waals surface area contributed by atoms with Crippen LogP contribution in [0.25, 0.3) is 6.08 Å². The van der Waals surface area contributed by atoms with E-state index in [9.17, 15) is 18.8 Å². The molecule has 0 aromatic heterocycles. The Balaban J connectivity index is 1.64. The zero-order chi connectivity index (χ0) is 23.7. The monoisotopic (exact) mass is 506 g/mol. The summed E-state index contributed by atoms with van der Waals surface area (Å²) in [6.07, 6.45) is 2.11. The number of anilines is 1. The van der Waals surface area contributed by atoms with Gasteiger partial charge in [-0.3, -0.25) is 14.9 Å². The summed E-state index contributed by atoms with van der Waals surface area (Å²) in [5.74, 6) is -2.45. The number of barbiturate groups is 1. The lowest BCUT2D eigenvalue weighted by Gasteiger charge is -2.26. The molecule has 1 fully saturated rings. The minimum Gasteiger partial charge on any atom is -0.273 e. The third kappa shape index (κ3) is 4.78. The van der Waals surface area contributed by atoms with Crippen molar-refractivity contribution in [2.75, 3.05) is 4.90 Å². The largest absolute Gasteiger partial charge is 0.336 e. The molecule has 0 aliphatic carbocycles. The van der Waals surface area contributed by atoms with E-state index in [0.29, 0.717) is 10.5 Å². The van der Waals surface area contributed by atoms with Crippen molar-refractivity contribution in [2.24, 2.45) is 0 Å². The van der Waals surface area contributed by atoms with Crippen molar-refractivity contribution in [1.29, 1.82) is 0 Å². The number of carbonyl (C=O) groups excluding carboxylic acids is 3. The summed E-state index contributed by atoms with van der Waals surface area (Å²) in [4.78, 5) is 38.2. The van der Waals surface area contributed by atoms with Crippen LogP contribution in [-0.2, 0) is 16.0 Å². The highest BCUT2D eigenvalue weighted by atomic mass is 79.9. The molecule has 1 N–H and O–H groups in total. The lowest BCUT2D eigenvalue weighted by Crippen LogP contribution is -2.54. The Morgan fingerprint density at radius 2 is 1.67 bits per heavy atom. The number of para-hydroxylation sites is 1. The number of halogens is 2. The molecule has 33 heavy (non-hydrogen) atoms. The predicted octanol–water partition coefficient (Wildman–Crippen LogP) is 5.46. The molecule has 4 amide bonds. The van der Waals surface area contributed by atoms with Gasteiger partial charge in [-0.05, 0) is 61.2 Å². The molecule has 3 aromatic rings. The fourth-order valence-electron chi connectivity index (χ4n) is 3.86. The first-order valence-corrected chi connectivity index (χ1v) is 11.0. The minimum absolute atomic E-state index is 0.219. The third-order valence-corrected chi connectivity index (χ3v) is 6.00. The van der Waals surface area contributed by atoms with Crippen molar-refractivity contribution in [3.05, 3.63) is 104 Å². The van der Waals surface area contributed by atoms with E-state index in [-0.39, 0.29) is 11.3 Å². The van der Waals surface area contributed by atoms with E-state index >= 15 is 0 Å².